The van der Waals surface area contributed by atoms with Crippen molar-refractivity contribution in [3.8, 4) is 5.75 Å². The molecule has 1 fully saturated rings. The minimum Gasteiger partial charge on any atom is -0.492 e. The summed E-state index contributed by atoms with van der Waals surface area (Å²) in [5, 5.41) is 14.1. The zero-order chi connectivity index (χ0) is 15.2. The third kappa shape index (κ3) is 4.68. The molecule has 2 rings (SSSR count). The number of hydrogen-bond donors (Lipinski definition) is 1. The SMILES string of the molecule is CC1CN(C)CCC1NCCOc1ccc([N+](=O)[O-])cc1. The van der Waals surface area contributed by atoms with Crippen LogP contribution in [0, 0.1) is 16.0 Å². The fourth-order valence-corrected chi connectivity index (χ4v) is 2.73. The number of non-ortho nitro benzene ring substituents is 1. The van der Waals surface area contributed by atoms with Crippen molar-refractivity contribution in [2.24, 2.45) is 5.92 Å². The minimum atomic E-state index is -0.410. The number of rotatable bonds is 6. The van der Waals surface area contributed by atoms with E-state index in [4.69, 9.17) is 4.74 Å². The van der Waals surface area contributed by atoms with Crippen LogP contribution in [0.5, 0.6) is 5.75 Å². The lowest BCUT2D eigenvalue weighted by Crippen LogP contribution is -2.47. The highest BCUT2D eigenvalue weighted by Crippen LogP contribution is 2.17. The fraction of sp³-hybridized carbons (Fsp3) is 0.600. The molecule has 1 N–H and O–H groups in total. The van der Waals surface area contributed by atoms with E-state index in [2.05, 4.69) is 24.2 Å². The maximum atomic E-state index is 10.6. The van der Waals surface area contributed by atoms with Crippen LogP contribution in [-0.2, 0) is 0 Å². The van der Waals surface area contributed by atoms with Crippen molar-refractivity contribution < 1.29 is 9.66 Å². The average molecular weight is 293 g/mol. The Morgan fingerprint density at radius 1 is 1.43 bits per heavy atom. The monoisotopic (exact) mass is 293 g/mol. The van der Waals surface area contributed by atoms with Crippen LogP contribution in [0.25, 0.3) is 0 Å². The summed E-state index contributed by atoms with van der Waals surface area (Å²) < 4.78 is 5.59. The van der Waals surface area contributed by atoms with E-state index in [1.807, 2.05) is 0 Å². The van der Waals surface area contributed by atoms with E-state index in [-0.39, 0.29) is 5.69 Å². The van der Waals surface area contributed by atoms with E-state index < -0.39 is 4.92 Å². The van der Waals surface area contributed by atoms with E-state index in [0.29, 0.717) is 24.3 Å². The molecule has 0 aromatic heterocycles. The summed E-state index contributed by atoms with van der Waals surface area (Å²) in [6.45, 7) is 5.88. The van der Waals surface area contributed by atoms with E-state index in [9.17, 15) is 10.1 Å². The van der Waals surface area contributed by atoms with Crippen molar-refractivity contribution in [3.63, 3.8) is 0 Å². The summed E-state index contributed by atoms with van der Waals surface area (Å²) in [5.74, 6) is 1.31. The second kappa shape index (κ2) is 7.38. The number of nitrogens with one attached hydrogen (secondary N) is 1. The van der Waals surface area contributed by atoms with Crippen molar-refractivity contribution >= 4 is 5.69 Å². The zero-order valence-electron chi connectivity index (χ0n) is 12.6. The number of benzene rings is 1. The first-order valence-corrected chi connectivity index (χ1v) is 7.35. The molecule has 0 radical (unpaired) electrons. The van der Waals surface area contributed by atoms with Gasteiger partial charge in [0.1, 0.15) is 12.4 Å². The Bertz CT molecular complexity index is 464. The van der Waals surface area contributed by atoms with Crippen LogP contribution in [0.3, 0.4) is 0 Å². The van der Waals surface area contributed by atoms with Gasteiger partial charge in [-0.25, -0.2) is 0 Å². The Labute approximate surface area is 125 Å². The standard InChI is InChI=1S/C15H23N3O3/c1-12-11-17(2)9-7-15(12)16-8-10-21-14-5-3-13(4-6-14)18(19)20/h3-6,12,15-16H,7-11H2,1-2H3. The maximum Gasteiger partial charge on any atom is 0.269 e. The van der Waals surface area contributed by atoms with Gasteiger partial charge in [-0.15, -0.1) is 0 Å². The van der Waals surface area contributed by atoms with Crippen LogP contribution in [0.1, 0.15) is 13.3 Å². The molecule has 116 valence electrons. The van der Waals surface area contributed by atoms with Gasteiger partial charge in [0.15, 0.2) is 0 Å². The van der Waals surface area contributed by atoms with Crippen molar-refractivity contribution in [2.45, 2.75) is 19.4 Å². The van der Waals surface area contributed by atoms with E-state index in [1.165, 1.54) is 12.1 Å². The summed E-state index contributed by atoms with van der Waals surface area (Å²) in [6, 6.07) is 6.73. The smallest absolute Gasteiger partial charge is 0.269 e. The second-order valence-electron chi connectivity index (χ2n) is 5.69. The third-order valence-corrected chi connectivity index (χ3v) is 3.93. The van der Waals surface area contributed by atoms with Crippen molar-refractivity contribution in [1.29, 1.82) is 0 Å². The van der Waals surface area contributed by atoms with Crippen LogP contribution in [0.15, 0.2) is 24.3 Å². The molecule has 0 spiro atoms. The largest absolute Gasteiger partial charge is 0.492 e. The summed E-state index contributed by atoms with van der Waals surface area (Å²) in [6.07, 6.45) is 1.16. The topological polar surface area (TPSA) is 67.6 Å². The molecular weight excluding hydrogens is 270 g/mol. The number of nitro benzene ring substituents is 1. The molecule has 1 aliphatic heterocycles. The molecule has 0 bridgehead atoms. The fourth-order valence-electron chi connectivity index (χ4n) is 2.73. The number of piperidine rings is 1. The lowest BCUT2D eigenvalue weighted by molar-refractivity contribution is -0.384. The maximum absolute atomic E-state index is 10.6. The average Bonchev–Trinajstić information content (AvgIpc) is 2.46. The number of nitrogens with zero attached hydrogens (tertiary/aromatic N) is 2. The van der Waals surface area contributed by atoms with Crippen molar-refractivity contribution in [2.75, 3.05) is 33.3 Å². The molecule has 1 aromatic carbocycles. The van der Waals surface area contributed by atoms with Gasteiger partial charge in [0, 0.05) is 31.3 Å². The first-order valence-electron chi connectivity index (χ1n) is 7.35. The normalized spacial score (nSPS) is 23.0. The summed E-state index contributed by atoms with van der Waals surface area (Å²) in [4.78, 5) is 12.5. The van der Waals surface area contributed by atoms with E-state index in [1.54, 1.807) is 12.1 Å². The Hall–Kier alpha value is -1.66. The van der Waals surface area contributed by atoms with Crippen LogP contribution < -0.4 is 10.1 Å². The molecule has 6 heteroatoms. The predicted octanol–water partition coefficient (Wildman–Crippen LogP) is 1.90. The molecule has 1 heterocycles. The first kappa shape index (κ1) is 15.7. The van der Waals surface area contributed by atoms with Crippen LogP contribution in [0.2, 0.25) is 0 Å². The number of ether oxygens (including phenoxy) is 1. The number of hydrogen-bond acceptors (Lipinski definition) is 5. The van der Waals surface area contributed by atoms with E-state index >= 15 is 0 Å². The molecule has 0 aliphatic carbocycles. The van der Waals surface area contributed by atoms with Gasteiger partial charge in [0.05, 0.1) is 4.92 Å². The molecule has 21 heavy (non-hydrogen) atoms. The van der Waals surface area contributed by atoms with Crippen molar-refractivity contribution in [3.05, 3.63) is 34.4 Å². The van der Waals surface area contributed by atoms with Crippen molar-refractivity contribution in [1.82, 2.24) is 10.2 Å². The van der Waals surface area contributed by atoms with Gasteiger partial charge in [-0.2, -0.15) is 0 Å². The van der Waals surface area contributed by atoms with Gasteiger partial charge >= 0.3 is 0 Å². The molecular formula is C15H23N3O3. The molecule has 2 unspecified atom stereocenters. The highest BCUT2D eigenvalue weighted by Gasteiger charge is 2.23. The van der Waals surface area contributed by atoms with Gasteiger partial charge in [-0.1, -0.05) is 6.92 Å². The molecule has 1 aromatic rings. The van der Waals surface area contributed by atoms with Crippen LogP contribution in [0.4, 0.5) is 5.69 Å². The van der Waals surface area contributed by atoms with Gasteiger partial charge in [-0.3, -0.25) is 10.1 Å². The Balaban J connectivity index is 1.68. The quantitative estimate of drug-likeness (QED) is 0.493. The summed E-state index contributed by atoms with van der Waals surface area (Å²) >= 11 is 0. The number of likely N-dealkylation sites (tertiary alicyclic amines) is 1. The van der Waals surface area contributed by atoms with Gasteiger partial charge in [0.25, 0.3) is 5.69 Å². The molecule has 0 amide bonds. The van der Waals surface area contributed by atoms with Gasteiger partial charge < -0.3 is 15.0 Å². The second-order valence-corrected chi connectivity index (χ2v) is 5.69. The molecule has 0 saturated carbocycles. The molecule has 1 aliphatic rings. The van der Waals surface area contributed by atoms with Crippen LogP contribution in [-0.4, -0.2) is 49.2 Å². The van der Waals surface area contributed by atoms with Gasteiger partial charge in [0.2, 0.25) is 0 Å². The molecule has 6 nitrogen and oxygen atoms in total. The van der Waals surface area contributed by atoms with E-state index in [0.717, 1.165) is 26.1 Å². The molecule has 1 saturated heterocycles. The predicted molar refractivity (Wildman–Crippen MR) is 81.7 cm³/mol. The Kier molecular flexibility index (Phi) is 5.52. The lowest BCUT2D eigenvalue weighted by atomic mass is 9.94. The minimum absolute atomic E-state index is 0.0839. The van der Waals surface area contributed by atoms with Gasteiger partial charge in [-0.05, 0) is 38.1 Å². The Morgan fingerprint density at radius 2 is 2.14 bits per heavy atom. The van der Waals surface area contributed by atoms with Crippen LogP contribution >= 0.6 is 0 Å². The highest BCUT2D eigenvalue weighted by molar-refractivity contribution is 5.35. The zero-order valence-corrected chi connectivity index (χ0v) is 12.6. The first-order chi connectivity index (χ1) is 10.1. The molecule has 2 atom stereocenters. The lowest BCUT2D eigenvalue weighted by Gasteiger charge is -2.35. The number of nitro groups is 1. The third-order valence-electron chi connectivity index (χ3n) is 3.93. The summed E-state index contributed by atoms with van der Waals surface area (Å²) in [5.41, 5.74) is 0.0839. The summed E-state index contributed by atoms with van der Waals surface area (Å²) in [7, 11) is 2.16. The Morgan fingerprint density at radius 3 is 2.76 bits per heavy atom. The highest BCUT2D eigenvalue weighted by atomic mass is 16.6.